The maximum Gasteiger partial charge on any atom is 0.104 e. The van der Waals surface area contributed by atoms with Gasteiger partial charge in [0.2, 0.25) is 0 Å². The highest BCUT2D eigenvalue weighted by Crippen LogP contribution is 2.16. The monoisotopic (exact) mass is 270 g/mol. The Morgan fingerprint density at radius 2 is 2.00 bits per heavy atom. The van der Waals surface area contributed by atoms with Crippen LogP contribution >= 0.6 is 11.3 Å². The second-order valence-electron chi connectivity index (χ2n) is 3.38. The van der Waals surface area contributed by atoms with E-state index in [1.807, 2.05) is 11.4 Å². The predicted octanol–water partition coefficient (Wildman–Crippen LogP) is 1.27. The second-order valence-corrected chi connectivity index (χ2v) is 4.38. The third-order valence-electron chi connectivity index (χ3n) is 2.08. The van der Waals surface area contributed by atoms with Gasteiger partial charge in [0.25, 0.3) is 0 Å². The second kappa shape index (κ2) is 10.1. The van der Waals surface area contributed by atoms with Gasteiger partial charge in [0.1, 0.15) is 6.61 Å². The van der Waals surface area contributed by atoms with Crippen LogP contribution in [0.25, 0.3) is 0 Å². The van der Waals surface area contributed by atoms with E-state index in [0.29, 0.717) is 33.0 Å². The zero-order chi connectivity index (χ0) is 13.1. The van der Waals surface area contributed by atoms with Gasteiger partial charge < -0.3 is 19.3 Å². The minimum Gasteiger partial charge on any atom is -0.384 e. The minimum absolute atomic E-state index is 0.122. The summed E-state index contributed by atoms with van der Waals surface area (Å²) in [6.07, 6.45) is 0. The van der Waals surface area contributed by atoms with Crippen molar-refractivity contribution in [2.45, 2.75) is 6.61 Å². The van der Waals surface area contributed by atoms with Crippen LogP contribution in [0.4, 0.5) is 0 Å². The molecule has 100 valence electrons. The van der Waals surface area contributed by atoms with Crippen molar-refractivity contribution in [1.29, 1.82) is 0 Å². The van der Waals surface area contributed by atoms with Gasteiger partial charge in [0.05, 0.1) is 33.0 Å². The fourth-order valence-electron chi connectivity index (χ4n) is 1.23. The molecule has 0 saturated carbocycles. The standard InChI is InChI=1S/C13H18O4S/c1-15-6-7-16-8-9-17-11-13-12(3-2-5-14)4-10-18-13/h4,10,14H,5-9,11H2,1H3. The van der Waals surface area contributed by atoms with Gasteiger partial charge in [-0.3, -0.25) is 0 Å². The van der Waals surface area contributed by atoms with E-state index in [-0.39, 0.29) is 6.61 Å². The van der Waals surface area contributed by atoms with Crippen LogP contribution in [0.1, 0.15) is 10.4 Å². The van der Waals surface area contributed by atoms with Gasteiger partial charge in [-0.2, -0.15) is 0 Å². The summed E-state index contributed by atoms with van der Waals surface area (Å²) < 4.78 is 15.6. The van der Waals surface area contributed by atoms with E-state index in [9.17, 15) is 0 Å². The molecule has 0 aromatic carbocycles. The Morgan fingerprint density at radius 3 is 2.78 bits per heavy atom. The maximum atomic E-state index is 8.64. The molecular weight excluding hydrogens is 252 g/mol. The summed E-state index contributed by atoms with van der Waals surface area (Å²) in [4.78, 5) is 1.08. The van der Waals surface area contributed by atoms with Crippen molar-refractivity contribution in [1.82, 2.24) is 0 Å². The van der Waals surface area contributed by atoms with Crippen molar-refractivity contribution in [3.05, 3.63) is 21.9 Å². The molecule has 0 amide bonds. The van der Waals surface area contributed by atoms with Gasteiger partial charge >= 0.3 is 0 Å². The Balaban J connectivity index is 2.17. The maximum absolute atomic E-state index is 8.64. The van der Waals surface area contributed by atoms with Crippen LogP contribution < -0.4 is 0 Å². The smallest absolute Gasteiger partial charge is 0.104 e. The van der Waals surface area contributed by atoms with Crippen LogP contribution in [0.15, 0.2) is 11.4 Å². The lowest BCUT2D eigenvalue weighted by Crippen LogP contribution is -2.08. The summed E-state index contributed by atoms with van der Waals surface area (Å²) in [7, 11) is 1.64. The molecule has 0 aliphatic rings. The molecule has 0 fully saturated rings. The molecule has 1 rings (SSSR count). The molecule has 0 radical (unpaired) electrons. The topological polar surface area (TPSA) is 47.9 Å². The molecule has 0 spiro atoms. The van der Waals surface area contributed by atoms with E-state index in [2.05, 4.69) is 11.8 Å². The molecule has 18 heavy (non-hydrogen) atoms. The summed E-state index contributed by atoms with van der Waals surface area (Å²) in [5, 5.41) is 10.6. The lowest BCUT2D eigenvalue weighted by Gasteiger charge is -2.04. The number of ether oxygens (including phenoxy) is 3. The molecule has 0 atom stereocenters. The fraction of sp³-hybridized carbons (Fsp3) is 0.538. The first-order chi connectivity index (χ1) is 8.88. The Kier molecular flexibility index (Phi) is 8.47. The predicted molar refractivity (Wildman–Crippen MR) is 70.6 cm³/mol. The molecule has 0 saturated heterocycles. The van der Waals surface area contributed by atoms with Gasteiger partial charge in [-0.15, -0.1) is 11.3 Å². The Morgan fingerprint density at radius 1 is 1.22 bits per heavy atom. The molecule has 5 heteroatoms. The molecule has 0 bridgehead atoms. The van der Waals surface area contributed by atoms with Crippen molar-refractivity contribution in [3.63, 3.8) is 0 Å². The van der Waals surface area contributed by atoms with Crippen molar-refractivity contribution >= 4 is 11.3 Å². The molecule has 0 aliphatic heterocycles. The minimum atomic E-state index is -0.122. The molecule has 1 N–H and O–H groups in total. The first-order valence-electron chi connectivity index (χ1n) is 5.69. The van der Waals surface area contributed by atoms with Gasteiger partial charge in [0, 0.05) is 17.6 Å². The van der Waals surface area contributed by atoms with E-state index >= 15 is 0 Å². The van der Waals surface area contributed by atoms with Crippen molar-refractivity contribution in [3.8, 4) is 11.8 Å². The molecule has 1 heterocycles. The lowest BCUT2D eigenvalue weighted by molar-refractivity contribution is 0.0205. The van der Waals surface area contributed by atoms with Crippen molar-refractivity contribution < 1.29 is 19.3 Å². The average molecular weight is 270 g/mol. The van der Waals surface area contributed by atoms with E-state index in [4.69, 9.17) is 19.3 Å². The number of methoxy groups -OCH3 is 1. The fourth-order valence-corrected chi connectivity index (χ4v) is 1.99. The molecule has 0 aliphatic carbocycles. The quantitative estimate of drug-likeness (QED) is 0.571. The van der Waals surface area contributed by atoms with Gasteiger partial charge in [-0.25, -0.2) is 0 Å². The highest BCUT2D eigenvalue weighted by molar-refractivity contribution is 7.10. The number of rotatable bonds is 8. The first-order valence-corrected chi connectivity index (χ1v) is 6.57. The van der Waals surface area contributed by atoms with E-state index in [1.165, 1.54) is 0 Å². The third-order valence-corrected chi connectivity index (χ3v) is 2.98. The van der Waals surface area contributed by atoms with E-state index < -0.39 is 0 Å². The van der Waals surface area contributed by atoms with Crippen LogP contribution in [0.2, 0.25) is 0 Å². The summed E-state index contributed by atoms with van der Waals surface area (Å²) in [6.45, 7) is 2.71. The SMILES string of the molecule is COCCOCCOCc1sccc1C#CCO. The summed E-state index contributed by atoms with van der Waals surface area (Å²) in [5.74, 6) is 5.53. The average Bonchev–Trinajstić information content (AvgIpc) is 2.83. The highest BCUT2D eigenvalue weighted by atomic mass is 32.1. The largest absolute Gasteiger partial charge is 0.384 e. The zero-order valence-electron chi connectivity index (χ0n) is 10.5. The summed E-state index contributed by atoms with van der Waals surface area (Å²) in [6, 6.07) is 1.93. The van der Waals surface area contributed by atoms with Crippen LogP contribution in [0.3, 0.4) is 0 Å². The van der Waals surface area contributed by atoms with Gasteiger partial charge in [-0.1, -0.05) is 11.8 Å². The number of hydrogen-bond donors (Lipinski definition) is 1. The number of aliphatic hydroxyl groups is 1. The Hall–Kier alpha value is -0.900. The summed E-state index contributed by atoms with van der Waals surface area (Å²) >= 11 is 1.60. The molecule has 1 aromatic rings. The molecule has 0 unspecified atom stereocenters. The van der Waals surface area contributed by atoms with Crippen molar-refractivity contribution in [2.24, 2.45) is 0 Å². The lowest BCUT2D eigenvalue weighted by atomic mass is 10.2. The van der Waals surface area contributed by atoms with Gasteiger partial charge in [-0.05, 0) is 11.4 Å². The van der Waals surface area contributed by atoms with Crippen LogP contribution in [0, 0.1) is 11.8 Å². The number of hydrogen-bond acceptors (Lipinski definition) is 5. The highest BCUT2D eigenvalue weighted by Gasteiger charge is 2.01. The van der Waals surface area contributed by atoms with E-state index in [0.717, 1.165) is 10.4 Å². The van der Waals surface area contributed by atoms with Crippen LogP contribution in [0.5, 0.6) is 0 Å². The van der Waals surface area contributed by atoms with Crippen molar-refractivity contribution in [2.75, 3.05) is 40.1 Å². The van der Waals surface area contributed by atoms with Gasteiger partial charge in [0.15, 0.2) is 0 Å². The van der Waals surface area contributed by atoms with E-state index in [1.54, 1.807) is 18.4 Å². The van der Waals surface area contributed by atoms with Crippen LogP contribution in [-0.2, 0) is 20.8 Å². The number of thiophene rings is 1. The number of aliphatic hydroxyl groups excluding tert-OH is 1. The summed E-state index contributed by atoms with van der Waals surface area (Å²) in [5.41, 5.74) is 0.925. The molecule has 1 aromatic heterocycles. The Bertz CT molecular complexity index is 378. The normalized spacial score (nSPS) is 10.1. The Labute approximate surface area is 111 Å². The zero-order valence-corrected chi connectivity index (χ0v) is 11.3. The first kappa shape index (κ1) is 15.2. The molecule has 4 nitrogen and oxygen atoms in total. The molecular formula is C13H18O4S. The third kappa shape index (κ3) is 6.15. The van der Waals surface area contributed by atoms with Crippen LogP contribution in [-0.4, -0.2) is 45.3 Å².